The summed E-state index contributed by atoms with van der Waals surface area (Å²) in [6, 6.07) is 12.1. The molecule has 3 heterocycles. The Labute approximate surface area is 281 Å². The van der Waals surface area contributed by atoms with Crippen molar-refractivity contribution in [2.24, 2.45) is 5.41 Å². The lowest BCUT2D eigenvalue weighted by molar-refractivity contribution is -0.169. The van der Waals surface area contributed by atoms with E-state index in [0.29, 0.717) is 5.52 Å². The van der Waals surface area contributed by atoms with Crippen molar-refractivity contribution in [3.63, 3.8) is 0 Å². The number of nitrogen functional groups attached to an aromatic ring is 1. The summed E-state index contributed by atoms with van der Waals surface area (Å²) in [4.78, 5) is 41.7. The van der Waals surface area contributed by atoms with Gasteiger partial charge in [0.05, 0.1) is 12.3 Å². The predicted octanol–water partition coefficient (Wildman–Crippen LogP) is 3.35. The molecule has 260 valence electrons. The minimum Gasteiger partial charge on any atom is -0.461 e. The van der Waals surface area contributed by atoms with E-state index in [1.165, 1.54) is 30.3 Å². The van der Waals surface area contributed by atoms with Gasteiger partial charge in [0.2, 0.25) is 5.60 Å². The Bertz CT molecular complexity index is 1820. The highest BCUT2D eigenvalue weighted by molar-refractivity contribution is 7.52. The first kappa shape index (κ1) is 34.3. The monoisotopic (exact) mass is 696 g/mol. The van der Waals surface area contributed by atoms with Gasteiger partial charge in [-0.1, -0.05) is 24.6 Å². The lowest BCUT2D eigenvalue weighted by Gasteiger charge is -2.53. The number of para-hydroxylation sites is 1. The van der Waals surface area contributed by atoms with Crippen molar-refractivity contribution in [1.82, 2.24) is 19.7 Å². The third kappa shape index (κ3) is 6.84. The first-order chi connectivity index (χ1) is 23.4. The van der Waals surface area contributed by atoms with E-state index in [1.807, 2.05) is 0 Å². The average molecular weight is 697 g/mol. The Balaban J connectivity index is 1.27. The summed E-state index contributed by atoms with van der Waals surface area (Å²) in [5.41, 5.74) is 4.59. The van der Waals surface area contributed by atoms with E-state index in [2.05, 4.69) is 21.2 Å². The molecule has 6 atom stereocenters. The highest BCUT2D eigenvalue weighted by Gasteiger charge is 2.62. The molecular weight excluding hydrogens is 659 g/mol. The van der Waals surface area contributed by atoms with Gasteiger partial charge in [0.1, 0.15) is 41.9 Å². The zero-order valence-corrected chi connectivity index (χ0v) is 28.0. The van der Waals surface area contributed by atoms with Gasteiger partial charge < -0.3 is 29.2 Å². The number of anilines is 1. The number of nitriles is 1. The van der Waals surface area contributed by atoms with Crippen molar-refractivity contribution in [3.05, 3.63) is 54.5 Å². The smallest absolute Gasteiger partial charge is 0.459 e. The van der Waals surface area contributed by atoms with Crippen molar-refractivity contribution in [2.45, 2.75) is 88.9 Å². The van der Waals surface area contributed by atoms with E-state index in [-0.39, 0.29) is 28.8 Å². The van der Waals surface area contributed by atoms with Crippen molar-refractivity contribution in [3.8, 4) is 11.8 Å². The van der Waals surface area contributed by atoms with Crippen LogP contribution in [0.1, 0.15) is 58.6 Å². The number of carbonyl (C=O) groups excluding carboxylic acids is 3. The van der Waals surface area contributed by atoms with Gasteiger partial charge in [-0.3, -0.25) is 18.9 Å². The fourth-order valence-corrected chi connectivity index (χ4v) is 8.19. The number of ether oxygens (including phenoxy) is 4. The van der Waals surface area contributed by atoms with Gasteiger partial charge in [-0.2, -0.15) is 15.4 Å². The molecule has 1 unspecified atom stereocenters. The highest BCUT2D eigenvalue weighted by Crippen LogP contribution is 2.57. The maximum atomic E-state index is 14.3. The Morgan fingerprint density at radius 2 is 1.84 bits per heavy atom. The summed E-state index contributed by atoms with van der Waals surface area (Å²) in [5.74, 6) is -1.95. The molecule has 0 amide bonds. The molecule has 1 saturated heterocycles. The number of benzene rings is 1. The average Bonchev–Trinajstić information content (AvgIpc) is 3.57. The van der Waals surface area contributed by atoms with Crippen LogP contribution in [0.5, 0.6) is 5.75 Å². The number of rotatable bonds is 12. The number of fused-ring (bicyclic) bond motifs is 1. The highest BCUT2D eigenvalue weighted by atomic mass is 31.2. The van der Waals surface area contributed by atoms with Crippen LogP contribution in [0.25, 0.3) is 5.52 Å². The van der Waals surface area contributed by atoms with Gasteiger partial charge in [-0.15, -0.1) is 0 Å². The number of nitrogens with one attached hydrogen (secondary N) is 1. The van der Waals surface area contributed by atoms with Crippen LogP contribution in [0.3, 0.4) is 0 Å². The molecule has 0 bridgehead atoms. The SMILES string of the molecule is CC(=O)O[C@H]1[C@@H](OC(C)=O)[C@](C#N)(c2ccc3c(N)ncnn23)O[C@@H]1COP(=O)(N[C@@H](C)C(=O)OC1CC2(CCC2)C1)Oc1ccccc1. The summed E-state index contributed by atoms with van der Waals surface area (Å²) in [5, 5.41) is 17.5. The molecule has 6 rings (SSSR count). The molecule has 3 fully saturated rings. The Morgan fingerprint density at radius 1 is 1.12 bits per heavy atom. The zero-order chi connectivity index (χ0) is 35.0. The van der Waals surface area contributed by atoms with Crippen LogP contribution in [0.2, 0.25) is 0 Å². The van der Waals surface area contributed by atoms with Crippen molar-refractivity contribution < 1.29 is 46.9 Å². The quantitative estimate of drug-likeness (QED) is 0.158. The summed E-state index contributed by atoms with van der Waals surface area (Å²) in [6.07, 6.45) is 1.67. The van der Waals surface area contributed by atoms with E-state index in [0.717, 1.165) is 39.5 Å². The molecule has 1 aromatic carbocycles. The molecule has 2 aromatic heterocycles. The number of hydrogen-bond donors (Lipinski definition) is 2. The van der Waals surface area contributed by atoms with Crippen LogP contribution in [-0.2, 0) is 48.0 Å². The second-order valence-corrected chi connectivity index (χ2v) is 14.3. The predicted molar refractivity (Wildman–Crippen MR) is 169 cm³/mol. The topological polar surface area (TPSA) is 216 Å². The van der Waals surface area contributed by atoms with Crippen molar-refractivity contribution in [1.29, 1.82) is 5.26 Å². The van der Waals surface area contributed by atoms with Crippen LogP contribution >= 0.6 is 7.75 Å². The molecule has 3 aliphatic rings. The van der Waals surface area contributed by atoms with Crippen molar-refractivity contribution in [2.75, 3.05) is 12.3 Å². The van der Waals surface area contributed by atoms with Gasteiger partial charge in [0.15, 0.2) is 18.0 Å². The fraction of sp³-hybridized carbons (Fsp3) is 0.500. The van der Waals surface area contributed by atoms with E-state index in [4.69, 9.17) is 33.7 Å². The largest absolute Gasteiger partial charge is 0.461 e. The Kier molecular flexibility index (Phi) is 9.38. The van der Waals surface area contributed by atoms with Crippen LogP contribution in [-0.4, -0.2) is 69.6 Å². The fourth-order valence-electron chi connectivity index (χ4n) is 6.69. The second kappa shape index (κ2) is 13.4. The number of esters is 3. The van der Waals surface area contributed by atoms with Crippen LogP contribution in [0.15, 0.2) is 48.8 Å². The molecule has 49 heavy (non-hydrogen) atoms. The van der Waals surface area contributed by atoms with Crippen LogP contribution < -0.4 is 15.3 Å². The van der Waals surface area contributed by atoms with Crippen LogP contribution in [0, 0.1) is 16.7 Å². The molecule has 3 aromatic rings. The maximum absolute atomic E-state index is 14.3. The summed E-state index contributed by atoms with van der Waals surface area (Å²) >= 11 is 0. The third-order valence-corrected chi connectivity index (χ3v) is 10.8. The van der Waals surface area contributed by atoms with Crippen LogP contribution in [0.4, 0.5) is 5.82 Å². The molecule has 0 radical (unpaired) electrons. The van der Waals surface area contributed by atoms with E-state index < -0.39 is 62.2 Å². The lowest BCUT2D eigenvalue weighted by Crippen LogP contribution is -2.49. The normalized spacial score (nSPS) is 26.0. The van der Waals surface area contributed by atoms with Gasteiger partial charge in [-0.25, -0.2) is 14.1 Å². The number of carbonyl (C=O) groups is 3. The minimum atomic E-state index is -4.43. The molecular formula is C32H37N6O10P. The Morgan fingerprint density at radius 3 is 2.47 bits per heavy atom. The molecule has 1 aliphatic heterocycles. The summed E-state index contributed by atoms with van der Waals surface area (Å²) in [6.45, 7) is 3.10. The first-order valence-corrected chi connectivity index (χ1v) is 17.4. The van der Waals surface area contributed by atoms with Gasteiger partial charge in [0, 0.05) is 13.8 Å². The number of aromatic nitrogens is 3. The summed E-state index contributed by atoms with van der Waals surface area (Å²) in [7, 11) is -4.43. The van der Waals surface area contributed by atoms with Gasteiger partial charge in [-0.05, 0) is 62.3 Å². The molecule has 1 spiro atoms. The van der Waals surface area contributed by atoms with Crippen molar-refractivity contribution >= 4 is 37.0 Å². The molecule has 3 N–H and O–H groups in total. The molecule has 17 heteroatoms. The van der Waals surface area contributed by atoms with Gasteiger partial charge in [0.25, 0.3) is 0 Å². The molecule has 16 nitrogen and oxygen atoms in total. The number of nitrogens with zero attached hydrogens (tertiary/aromatic N) is 4. The Hall–Kier alpha value is -4.55. The summed E-state index contributed by atoms with van der Waals surface area (Å²) < 4.78 is 50.4. The van der Waals surface area contributed by atoms with Gasteiger partial charge >= 0.3 is 25.7 Å². The number of nitrogens with two attached hydrogens (primary N) is 1. The first-order valence-electron chi connectivity index (χ1n) is 15.9. The third-order valence-electron chi connectivity index (χ3n) is 9.13. The molecule has 2 aliphatic carbocycles. The molecule has 2 saturated carbocycles. The minimum absolute atomic E-state index is 0.0860. The van der Waals surface area contributed by atoms with E-state index >= 15 is 0 Å². The zero-order valence-electron chi connectivity index (χ0n) is 27.1. The second-order valence-electron chi connectivity index (χ2n) is 12.6. The maximum Gasteiger partial charge on any atom is 0.459 e. The van der Waals surface area contributed by atoms with E-state index in [1.54, 1.807) is 36.4 Å². The standard InChI is InChI=1S/C32H37N6O10P/c1-19(30(41)46-23-14-31(15-23)12-7-13-31)37-49(42,48-22-8-5-4-6-9-22)43-16-25-27(44-20(2)39)28(45-21(3)40)32(17-33,47-25)26-11-10-24-29(34)35-18-36-38(24)26/h4-6,8-11,18-19,23,25,27-28H,7,12-16H2,1-3H3,(H,37,42)(H2,34,35,36)/t19-,25+,27+,28+,32-,49?/m0/s1. The number of hydrogen-bond acceptors (Lipinski definition) is 14. The lowest BCUT2D eigenvalue weighted by atomic mass is 9.55. The van der Waals surface area contributed by atoms with E-state index in [9.17, 15) is 24.2 Å².